The molecule has 0 aliphatic carbocycles. The third-order valence-electron chi connectivity index (χ3n) is 3.34. The van der Waals surface area contributed by atoms with Gasteiger partial charge in [0.2, 0.25) is 0 Å². The minimum absolute atomic E-state index is 0.322. The van der Waals surface area contributed by atoms with Crippen molar-refractivity contribution in [3.8, 4) is 5.75 Å². The summed E-state index contributed by atoms with van der Waals surface area (Å²) in [5.74, 6) is 1.26. The number of hydrogen-bond acceptors (Lipinski definition) is 1. The summed E-state index contributed by atoms with van der Waals surface area (Å²) >= 11 is 6.07. The van der Waals surface area contributed by atoms with Gasteiger partial charge in [-0.2, -0.15) is 0 Å². The molecule has 1 heterocycles. The van der Waals surface area contributed by atoms with Crippen LogP contribution in [-0.2, 0) is 6.61 Å². The summed E-state index contributed by atoms with van der Waals surface area (Å²) in [4.78, 5) is 0. The van der Waals surface area contributed by atoms with Gasteiger partial charge in [-0.15, -0.1) is 0 Å². The molecular formula is C15H13ClO. The first kappa shape index (κ1) is 10.7. The molecule has 1 atom stereocenters. The van der Waals surface area contributed by atoms with Crippen molar-refractivity contribution in [2.75, 3.05) is 0 Å². The Kier molecular flexibility index (Phi) is 2.56. The molecule has 0 N–H and O–H groups in total. The van der Waals surface area contributed by atoms with E-state index in [1.54, 1.807) is 0 Å². The van der Waals surface area contributed by atoms with Crippen LogP contribution >= 0.6 is 11.6 Å². The molecule has 0 bridgehead atoms. The van der Waals surface area contributed by atoms with Gasteiger partial charge in [-0.05, 0) is 29.3 Å². The molecule has 1 aliphatic rings. The summed E-state index contributed by atoms with van der Waals surface area (Å²) in [7, 11) is 0. The van der Waals surface area contributed by atoms with Crippen LogP contribution < -0.4 is 4.74 Å². The Morgan fingerprint density at radius 3 is 2.82 bits per heavy atom. The molecule has 0 saturated heterocycles. The van der Waals surface area contributed by atoms with Crippen molar-refractivity contribution in [1.29, 1.82) is 0 Å². The molecule has 1 unspecified atom stereocenters. The largest absolute Gasteiger partial charge is 0.489 e. The van der Waals surface area contributed by atoms with Crippen LogP contribution in [0.3, 0.4) is 0 Å². The zero-order valence-corrected chi connectivity index (χ0v) is 10.4. The van der Waals surface area contributed by atoms with Gasteiger partial charge in [0.25, 0.3) is 0 Å². The fraction of sp³-hybridized carbons (Fsp3) is 0.200. The number of ether oxygens (including phenoxy) is 1. The maximum atomic E-state index is 6.07. The second kappa shape index (κ2) is 4.08. The first-order valence-corrected chi connectivity index (χ1v) is 6.13. The normalized spacial score (nSPS) is 17.6. The van der Waals surface area contributed by atoms with E-state index in [0.717, 1.165) is 10.8 Å². The fourth-order valence-corrected chi connectivity index (χ4v) is 2.58. The van der Waals surface area contributed by atoms with Gasteiger partial charge >= 0.3 is 0 Å². The Morgan fingerprint density at radius 2 is 1.94 bits per heavy atom. The van der Waals surface area contributed by atoms with Gasteiger partial charge in [0.15, 0.2) is 0 Å². The van der Waals surface area contributed by atoms with E-state index in [0.29, 0.717) is 12.5 Å². The van der Waals surface area contributed by atoms with E-state index in [1.165, 1.54) is 16.7 Å². The summed E-state index contributed by atoms with van der Waals surface area (Å²) in [5, 5.41) is 0.763. The average molecular weight is 245 g/mol. The quantitative estimate of drug-likeness (QED) is 0.668. The third kappa shape index (κ3) is 1.81. The highest BCUT2D eigenvalue weighted by molar-refractivity contribution is 6.30. The lowest BCUT2D eigenvalue weighted by Crippen LogP contribution is -1.97. The first-order chi connectivity index (χ1) is 8.25. The SMILES string of the molecule is CC1c2ccccc2COc2ccc(Cl)cc21. The summed E-state index contributed by atoms with van der Waals surface area (Å²) in [6.45, 7) is 2.83. The van der Waals surface area contributed by atoms with Gasteiger partial charge in [0.05, 0.1) is 0 Å². The molecule has 2 aromatic carbocycles. The highest BCUT2D eigenvalue weighted by atomic mass is 35.5. The number of hydrogen-bond donors (Lipinski definition) is 0. The Morgan fingerprint density at radius 1 is 1.12 bits per heavy atom. The van der Waals surface area contributed by atoms with Crippen molar-refractivity contribution in [1.82, 2.24) is 0 Å². The first-order valence-electron chi connectivity index (χ1n) is 5.76. The lowest BCUT2D eigenvalue weighted by molar-refractivity contribution is 0.307. The minimum Gasteiger partial charge on any atom is -0.489 e. The smallest absolute Gasteiger partial charge is 0.123 e. The van der Waals surface area contributed by atoms with Crippen molar-refractivity contribution in [3.05, 3.63) is 64.2 Å². The Balaban J connectivity index is 2.18. The monoisotopic (exact) mass is 244 g/mol. The van der Waals surface area contributed by atoms with Crippen LogP contribution in [-0.4, -0.2) is 0 Å². The number of halogens is 1. The van der Waals surface area contributed by atoms with Crippen LogP contribution in [0.15, 0.2) is 42.5 Å². The minimum atomic E-state index is 0.322. The average Bonchev–Trinajstić information content (AvgIpc) is 2.49. The summed E-state index contributed by atoms with van der Waals surface area (Å²) < 4.78 is 5.84. The molecule has 0 spiro atoms. The van der Waals surface area contributed by atoms with Gasteiger partial charge in [-0.1, -0.05) is 42.8 Å². The summed E-state index contributed by atoms with van der Waals surface area (Å²) in [6, 6.07) is 14.3. The standard InChI is InChI=1S/C15H13ClO/c1-10-13-5-3-2-4-11(13)9-17-15-7-6-12(16)8-14(10)15/h2-8,10H,9H2,1H3. The van der Waals surface area contributed by atoms with Crippen molar-refractivity contribution >= 4 is 11.6 Å². The Hall–Kier alpha value is -1.47. The summed E-state index contributed by atoms with van der Waals surface area (Å²) in [6.07, 6.45) is 0. The molecule has 17 heavy (non-hydrogen) atoms. The van der Waals surface area contributed by atoms with Gasteiger partial charge in [-0.25, -0.2) is 0 Å². The van der Waals surface area contributed by atoms with Gasteiger partial charge in [0, 0.05) is 16.5 Å². The van der Waals surface area contributed by atoms with Crippen molar-refractivity contribution < 1.29 is 4.74 Å². The van der Waals surface area contributed by atoms with E-state index in [4.69, 9.17) is 16.3 Å². The van der Waals surface area contributed by atoms with Crippen LogP contribution in [0.1, 0.15) is 29.5 Å². The van der Waals surface area contributed by atoms with E-state index in [1.807, 2.05) is 18.2 Å². The van der Waals surface area contributed by atoms with Crippen molar-refractivity contribution in [2.24, 2.45) is 0 Å². The summed E-state index contributed by atoms with van der Waals surface area (Å²) in [5.41, 5.74) is 3.75. The maximum Gasteiger partial charge on any atom is 0.123 e. The van der Waals surface area contributed by atoms with Crippen molar-refractivity contribution in [3.63, 3.8) is 0 Å². The molecule has 3 rings (SSSR count). The molecule has 2 heteroatoms. The predicted octanol–water partition coefficient (Wildman–Crippen LogP) is 4.38. The molecule has 86 valence electrons. The van der Waals surface area contributed by atoms with Gasteiger partial charge in [-0.3, -0.25) is 0 Å². The van der Waals surface area contributed by atoms with E-state index in [-0.39, 0.29) is 0 Å². The van der Waals surface area contributed by atoms with Crippen molar-refractivity contribution in [2.45, 2.75) is 19.4 Å². The second-order valence-corrected chi connectivity index (χ2v) is 4.83. The van der Waals surface area contributed by atoms with Crippen LogP contribution in [0.2, 0.25) is 5.02 Å². The van der Waals surface area contributed by atoms with E-state index >= 15 is 0 Å². The molecule has 0 amide bonds. The van der Waals surface area contributed by atoms with Crippen LogP contribution in [0.25, 0.3) is 0 Å². The third-order valence-corrected chi connectivity index (χ3v) is 3.58. The molecule has 0 fully saturated rings. The number of fused-ring (bicyclic) bond motifs is 2. The lowest BCUT2D eigenvalue weighted by Gasteiger charge is -2.13. The predicted molar refractivity (Wildman–Crippen MR) is 69.7 cm³/mol. The highest BCUT2D eigenvalue weighted by Gasteiger charge is 2.20. The zero-order valence-electron chi connectivity index (χ0n) is 9.61. The molecule has 0 radical (unpaired) electrons. The Bertz CT molecular complexity index is 563. The second-order valence-electron chi connectivity index (χ2n) is 4.39. The topological polar surface area (TPSA) is 9.23 Å². The fourth-order valence-electron chi connectivity index (χ4n) is 2.40. The molecule has 0 saturated carbocycles. The molecule has 0 aromatic heterocycles. The molecule has 1 nitrogen and oxygen atoms in total. The molecule has 1 aliphatic heterocycles. The number of rotatable bonds is 0. The van der Waals surface area contributed by atoms with E-state index in [2.05, 4.69) is 31.2 Å². The lowest BCUT2D eigenvalue weighted by atomic mass is 9.90. The number of benzene rings is 2. The van der Waals surface area contributed by atoms with Crippen LogP contribution in [0, 0.1) is 0 Å². The maximum absolute atomic E-state index is 6.07. The molecular weight excluding hydrogens is 232 g/mol. The van der Waals surface area contributed by atoms with E-state index in [9.17, 15) is 0 Å². The Labute approximate surface area is 106 Å². The molecule has 2 aromatic rings. The zero-order chi connectivity index (χ0) is 11.8. The highest BCUT2D eigenvalue weighted by Crippen LogP contribution is 2.38. The van der Waals surface area contributed by atoms with Gasteiger partial charge < -0.3 is 4.74 Å². The van der Waals surface area contributed by atoms with Gasteiger partial charge in [0.1, 0.15) is 12.4 Å². The van der Waals surface area contributed by atoms with Crippen LogP contribution in [0.4, 0.5) is 0 Å². The van der Waals surface area contributed by atoms with E-state index < -0.39 is 0 Å². The van der Waals surface area contributed by atoms with Crippen LogP contribution in [0.5, 0.6) is 5.75 Å².